The van der Waals surface area contributed by atoms with Crippen molar-refractivity contribution in [1.82, 2.24) is 5.32 Å². The molecule has 4 bridgehead atoms. The second-order valence-electron chi connectivity index (χ2n) is 6.93. The molecule has 4 aliphatic rings. The number of carbonyl (C=O) groups is 1. The first kappa shape index (κ1) is 13.0. The molecule has 3 heteroatoms. The van der Waals surface area contributed by atoms with E-state index in [1.165, 1.54) is 32.1 Å². The van der Waals surface area contributed by atoms with E-state index in [1.807, 2.05) is 6.07 Å². The number of nitrogens with one attached hydrogen (secondary N) is 1. The Bertz CT molecular complexity index is 370. The average Bonchev–Trinajstić information content (AvgIpc) is 2.36. The maximum atomic E-state index is 11.7. The predicted molar refractivity (Wildman–Crippen MR) is 73.0 cm³/mol. The number of carbonyl (C=O) groups excluding carboxylic acids is 1. The summed E-state index contributed by atoms with van der Waals surface area (Å²) in [5.41, 5.74) is 0. The zero-order valence-electron chi connectivity index (χ0n) is 11.8. The summed E-state index contributed by atoms with van der Waals surface area (Å²) in [4.78, 5) is 11.7. The normalized spacial score (nSPS) is 40.7. The Morgan fingerprint density at radius 3 is 2.26 bits per heavy atom. The van der Waals surface area contributed by atoms with Gasteiger partial charge in [-0.05, 0) is 68.1 Å². The van der Waals surface area contributed by atoms with Crippen molar-refractivity contribution in [2.24, 2.45) is 29.6 Å². The van der Waals surface area contributed by atoms with Gasteiger partial charge < -0.3 is 5.32 Å². The Morgan fingerprint density at radius 1 is 1.21 bits per heavy atom. The van der Waals surface area contributed by atoms with Crippen LogP contribution >= 0.6 is 0 Å². The topological polar surface area (TPSA) is 52.9 Å². The fourth-order valence-electron chi connectivity index (χ4n) is 5.42. The van der Waals surface area contributed by atoms with Crippen LogP contribution in [0.5, 0.6) is 0 Å². The van der Waals surface area contributed by atoms with Gasteiger partial charge in [-0.1, -0.05) is 6.92 Å². The summed E-state index contributed by atoms with van der Waals surface area (Å²) >= 11 is 0. The van der Waals surface area contributed by atoms with Gasteiger partial charge in [-0.25, -0.2) is 0 Å². The molecule has 1 N–H and O–H groups in total. The standard InChI is InChI=1S/C16H24N2O/c1-2-14(18-15(19)3-4-17)16-12-6-10-5-11(8-12)9-13(16)7-10/h10-14,16H,2-3,5-9H2,1H3,(H,18,19). The van der Waals surface area contributed by atoms with Crippen LogP contribution in [0.15, 0.2) is 0 Å². The number of hydrogen-bond acceptors (Lipinski definition) is 2. The summed E-state index contributed by atoms with van der Waals surface area (Å²) in [5, 5.41) is 11.8. The van der Waals surface area contributed by atoms with Crippen molar-refractivity contribution in [3.8, 4) is 6.07 Å². The fourth-order valence-corrected chi connectivity index (χ4v) is 5.42. The molecule has 3 nitrogen and oxygen atoms in total. The lowest BCUT2D eigenvalue weighted by Gasteiger charge is -2.56. The first-order valence-corrected chi connectivity index (χ1v) is 7.87. The van der Waals surface area contributed by atoms with Gasteiger partial charge in [0.15, 0.2) is 0 Å². The van der Waals surface area contributed by atoms with E-state index >= 15 is 0 Å². The summed E-state index contributed by atoms with van der Waals surface area (Å²) in [6, 6.07) is 2.25. The van der Waals surface area contributed by atoms with Crippen LogP contribution < -0.4 is 5.32 Å². The van der Waals surface area contributed by atoms with Crippen LogP contribution in [0.2, 0.25) is 0 Å². The molecule has 4 rings (SSSR count). The minimum absolute atomic E-state index is 0.00377. The second-order valence-corrected chi connectivity index (χ2v) is 6.93. The molecular weight excluding hydrogens is 236 g/mol. The van der Waals surface area contributed by atoms with Gasteiger partial charge in [0.05, 0.1) is 6.07 Å². The highest BCUT2D eigenvalue weighted by Gasteiger charge is 2.50. The lowest BCUT2D eigenvalue weighted by atomic mass is 9.50. The van der Waals surface area contributed by atoms with E-state index in [9.17, 15) is 4.79 Å². The molecule has 0 aromatic heterocycles. The number of rotatable bonds is 4. The highest BCUT2D eigenvalue weighted by molar-refractivity contribution is 5.78. The lowest BCUT2D eigenvalue weighted by Crippen LogP contribution is -2.53. The minimum atomic E-state index is -0.0804. The maximum Gasteiger partial charge on any atom is 0.234 e. The van der Waals surface area contributed by atoms with Gasteiger partial charge in [-0.3, -0.25) is 4.79 Å². The molecule has 0 radical (unpaired) electrons. The average molecular weight is 260 g/mol. The Morgan fingerprint density at radius 2 is 1.79 bits per heavy atom. The Hall–Kier alpha value is -1.04. The van der Waals surface area contributed by atoms with Crippen LogP contribution in [0.25, 0.3) is 0 Å². The first-order chi connectivity index (χ1) is 9.21. The van der Waals surface area contributed by atoms with Crippen molar-refractivity contribution in [1.29, 1.82) is 5.26 Å². The van der Waals surface area contributed by atoms with Crippen molar-refractivity contribution in [3.05, 3.63) is 0 Å². The molecule has 0 spiro atoms. The summed E-state index contributed by atoms with van der Waals surface area (Å²) in [6.07, 6.45) is 8.04. The molecule has 1 atom stereocenters. The van der Waals surface area contributed by atoms with Gasteiger partial charge in [-0.15, -0.1) is 0 Å². The molecule has 0 aromatic rings. The third-order valence-corrected chi connectivity index (χ3v) is 5.79. The summed E-state index contributed by atoms with van der Waals surface area (Å²) in [6.45, 7) is 2.17. The van der Waals surface area contributed by atoms with Crippen molar-refractivity contribution in [2.75, 3.05) is 0 Å². The Labute approximate surface area is 115 Å². The van der Waals surface area contributed by atoms with E-state index in [1.54, 1.807) is 0 Å². The Balaban J connectivity index is 1.70. The van der Waals surface area contributed by atoms with E-state index in [0.717, 1.165) is 30.1 Å². The largest absolute Gasteiger partial charge is 0.352 e. The second kappa shape index (κ2) is 5.15. The van der Waals surface area contributed by atoms with Gasteiger partial charge in [0, 0.05) is 6.04 Å². The van der Waals surface area contributed by atoms with Crippen LogP contribution in [0.4, 0.5) is 0 Å². The molecule has 0 aromatic carbocycles. The van der Waals surface area contributed by atoms with Gasteiger partial charge in [-0.2, -0.15) is 5.26 Å². The highest BCUT2D eigenvalue weighted by atomic mass is 16.1. The monoisotopic (exact) mass is 260 g/mol. The smallest absolute Gasteiger partial charge is 0.234 e. The lowest BCUT2D eigenvalue weighted by molar-refractivity contribution is -0.123. The minimum Gasteiger partial charge on any atom is -0.352 e. The van der Waals surface area contributed by atoms with Crippen LogP contribution in [0.3, 0.4) is 0 Å². The van der Waals surface area contributed by atoms with Crippen molar-refractivity contribution in [3.63, 3.8) is 0 Å². The zero-order chi connectivity index (χ0) is 13.4. The number of nitrogens with zero attached hydrogens (tertiary/aromatic N) is 1. The van der Waals surface area contributed by atoms with Crippen molar-refractivity contribution >= 4 is 5.91 Å². The van der Waals surface area contributed by atoms with Crippen LogP contribution in [0, 0.1) is 40.9 Å². The fraction of sp³-hybridized carbons (Fsp3) is 0.875. The predicted octanol–water partition coefficient (Wildman–Crippen LogP) is 2.87. The first-order valence-electron chi connectivity index (χ1n) is 7.87. The third-order valence-electron chi connectivity index (χ3n) is 5.79. The quantitative estimate of drug-likeness (QED) is 0.845. The highest BCUT2D eigenvalue weighted by Crippen LogP contribution is 2.57. The molecule has 19 heavy (non-hydrogen) atoms. The zero-order valence-corrected chi connectivity index (χ0v) is 11.8. The third kappa shape index (κ3) is 2.38. The van der Waals surface area contributed by atoms with Gasteiger partial charge in [0.1, 0.15) is 6.42 Å². The number of amides is 1. The van der Waals surface area contributed by atoms with E-state index in [0.29, 0.717) is 12.0 Å². The van der Waals surface area contributed by atoms with Gasteiger partial charge >= 0.3 is 0 Å². The molecule has 1 amide bonds. The molecule has 1 unspecified atom stereocenters. The van der Waals surface area contributed by atoms with E-state index in [-0.39, 0.29) is 12.3 Å². The van der Waals surface area contributed by atoms with Crippen LogP contribution in [-0.2, 0) is 4.79 Å². The van der Waals surface area contributed by atoms with E-state index in [4.69, 9.17) is 5.26 Å². The summed E-state index contributed by atoms with van der Waals surface area (Å²) in [5.74, 6) is 4.23. The van der Waals surface area contributed by atoms with Crippen molar-refractivity contribution in [2.45, 2.75) is 57.9 Å². The number of nitriles is 1. The van der Waals surface area contributed by atoms with Gasteiger partial charge in [0.2, 0.25) is 5.91 Å². The van der Waals surface area contributed by atoms with Crippen LogP contribution in [0.1, 0.15) is 51.9 Å². The molecule has 104 valence electrons. The molecule has 0 saturated heterocycles. The molecule has 4 aliphatic carbocycles. The molecule has 4 saturated carbocycles. The molecular formula is C16H24N2O. The SMILES string of the molecule is CCC(NC(=O)CC#N)C1C2CC3CC(C2)CC1C3. The van der Waals surface area contributed by atoms with Crippen molar-refractivity contribution < 1.29 is 4.79 Å². The van der Waals surface area contributed by atoms with E-state index in [2.05, 4.69) is 12.2 Å². The van der Waals surface area contributed by atoms with E-state index < -0.39 is 0 Å². The summed E-state index contributed by atoms with van der Waals surface area (Å²) in [7, 11) is 0. The van der Waals surface area contributed by atoms with Crippen LogP contribution in [-0.4, -0.2) is 11.9 Å². The van der Waals surface area contributed by atoms with Gasteiger partial charge in [0.25, 0.3) is 0 Å². The molecule has 0 aliphatic heterocycles. The summed E-state index contributed by atoms with van der Waals surface area (Å²) < 4.78 is 0. The number of hydrogen-bond donors (Lipinski definition) is 1. The maximum absolute atomic E-state index is 11.7. The molecule has 4 fully saturated rings. The molecule has 0 heterocycles. The Kier molecular flexibility index (Phi) is 3.52.